The lowest BCUT2D eigenvalue weighted by Crippen LogP contribution is -2.51. The molecule has 3 N–H and O–H groups in total. The van der Waals surface area contributed by atoms with Crippen LogP contribution in [0, 0.1) is 5.92 Å². The number of likely N-dealkylation sites (tertiary alicyclic amines) is 1. The van der Waals surface area contributed by atoms with Gasteiger partial charge < -0.3 is 25.6 Å². The van der Waals surface area contributed by atoms with Gasteiger partial charge in [-0.15, -0.1) is 0 Å². The van der Waals surface area contributed by atoms with Gasteiger partial charge in [-0.3, -0.25) is 0 Å². The number of carbonyl (C=O) groups excluding carboxylic acids is 2. The van der Waals surface area contributed by atoms with E-state index in [-0.39, 0.29) is 23.6 Å². The Morgan fingerprint density at radius 1 is 1.08 bits per heavy atom. The van der Waals surface area contributed by atoms with E-state index in [1.165, 1.54) is 0 Å². The van der Waals surface area contributed by atoms with E-state index in [4.69, 9.17) is 4.74 Å². The number of piperidine rings is 1. The lowest BCUT2D eigenvalue weighted by atomic mass is 9.97. The molecule has 0 aliphatic carbocycles. The fourth-order valence-electron chi connectivity index (χ4n) is 3.06. The fraction of sp³-hybridized carbons (Fsp3) is 0.882. The molecule has 0 aromatic heterocycles. The smallest absolute Gasteiger partial charge is 0.317 e. The molecule has 0 bridgehead atoms. The Kier molecular flexibility index (Phi) is 6.71. The summed E-state index contributed by atoms with van der Waals surface area (Å²) in [4.78, 5) is 25.9. The van der Waals surface area contributed by atoms with E-state index in [1.54, 1.807) is 0 Å². The van der Waals surface area contributed by atoms with E-state index in [0.717, 1.165) is 52.0 Å². The van der Waals surface area contributed by atoms with Crippen molar-refractivity contribution in [2.24, 2.45) is 5.92 Å². The third kappa shape index (κ3) is 6.55. The Hall–Kier alpha value is -1.50. The zero-order chi connectivity index (χ0) is 17.6. The minimum absolute atomic E-state index is 0.00571. The fourth-order valence-corrected chi connectivity index (χ4v) is 3.06. The van der Waals surface area contributed by atoms with Gasteiger partial charge in [0.1, 0.15) is 0 Å². The van der Waals surface area contributed by atoms with Crippen molar-refractivity contribution >= 4 is 12.1 Å². The average molecular weight is 340 g/mol. The van der Waals surface area contributed by atoms with Gasteiger partial charge >= 0.3 is 12.1 Å². The molecule has 0 saturated carbocycles. The summed E-state index contributed by atoms with van der Waals surface area (Å²) in [6.45, 7) is 9.56. The highest BCUT2D eigenvalue weighted by atomic mass is 16.5. The molecule has 0 radical (unpaired) electrons. The molecule has 2 heterocycles. The second-order valence-electron chi connectivity index (χ2n) is 7.85. The summed E-state index contributed by atoms with van der Waals surface area (Å²) < 4.78 is 5.29. The maximum atomic E-state index is 12.1. The third-order valence-electron chi connectivity index (χ3n) is 4.49. The minimum atomic E-state index is -0.211. The number of ether oxygens (including phenoxy) is 1. The molecule has 138 valence electrons. The second kappa shape index (κ2) is 8.55. The maximum absolute atomic E-state index is 12.1. The zero-order valence-corrected chi connectivity index (χ0v) is 15.2. The van der Waals surface area contributed by atoms with Crippen molar-refractivity contribution in [2.45, 2.75) is 58.0 Å². The minimum Gasteiger partial charge on any atom is -0.381 e. The van der Waals surface area contributed by atoms with Crippen molar-refractivity contribution in [1.29, 1.82) is 0 Å². The number of rotatable bonds is 3. The summed E-state index contributed by atoms with van der Waals surface area (Å²) in [5, 5.41) is 8.98. The van der Waals surface area contributed by atoms with E-state index < -0.39 is 0 Å². The molecule has 2 saturated heterocycles. The van der Waals surface area contributed by atoms with Gasteiger partial charge in [-0.25, -0.2) is 9.59 Å². The Morgan fingerprint density at radius 3 is 2.29 bits per heavy atom. The molecule has 2 fully saturated rings. The van der Waals surface area contributed by atoms with Crippen LogP contribution in [-0.2, 0) is 4.74 Å². The van der Waals surface area contributed by atoms with Gasteiger partial charge in [-0.2, -0.15) is 0 Å². The van der Waals surface area contributed by atoms with Crippen LogP contribution < -0.4 is 16.0 Å². The van der Waals surface area contributed by atoms with Crippen LogP contribution in [0.1, 0.15) is 46.5 Å². The van der Waals surface area contributed by atoms with Crippen LogP contribution in [0.4, 0.5) is 9.59 Å². The molecule has 24 heavy (non-hydrogen) atoms. The van der Waals surface area contributed by atoms with E-state index in [1.807, 2.05) is 25.7 Å². The standard InChI is InChI=1S/C17H32N4O3/c1-17(2,3)20-16(23)21-8-4-13(5-9-21)12-18-15(22)19-14-6-10-24-11-7-14/h13-14H,4-12H2,1-3H3,(H,20,23)(H2,18,19,22). The Balaban J connectivity index is 1.62. The van der Waals surface area contributed by atoms with Gasteiger partial charge in [-0.05, 0) is 52.4 Å². The molecule has 7 heteroatoms. The predicted molar refractivity (Wildman–Crippen MR) is 93.0 cm³/mol. The summed E-state index contributed by atoms with van der Waals surface area (Å²) in [5.74, 6) is 0.434. The zero-order valence-electron chi connectivity index (χ0n) is 15.2. The number of carbonyl (C=O) groups is 2. The van der Waals surface area contributed by atoms with Gasteiger partial charge in [0.15, 0.2) is 0 Å². The Bertz CT molecular complexity index is 422. The van der Waals surface area contributed by atoms with Crippen LogP contribution >= 0.6 is 0 Å². The van der Waals surface area contributed by atoms with Crippen LogP contribution in [-0.4, -0.2) is 61.4 Å². The normalized spacial score (nSPS) is 20.5. The number of urea groups is 2. The second-order valence-corrected chi connectivity index (χ2v) is 7.85. The molecule has 0 spiro atoms. The first kappa shape index (κ1) is 18.8. The number of amides is 4. The van der Waals surface area contributed by atoms with Gasteiger partial charge in [0.2, 0.25) is 0 Å². The van der Waals surface area contributed by atoms with Crippen LogP contribution in [0.3, 0.4) is 0 Å². The van der Waals surface area contributed by atoms with Gasteiger partial charge in [0, 0.05) is 44.4 Å². The third-order valence-corrected chi connectivity index (χ3v) is 4.49. The Labute approximate surface area is 144 Å². The number of nitrogens with one attached hydrogen (secondary N) is 3. The summed E-state index contributed by atoms with van der Waals surface area (Å²) in [7, 11) is 0. The predicted octanol–water partition coefficient (Wildman–Crippen LogP) is 1.68. The number of hydrogen-bond acceptors (Lipinski definition) is 3. The van der Waals surface area contributed by atoms with Gasteiger partial charge in [0.05, 0.1) is 0 Å². The molecule has 0 atom stereocenters. The first-order valence-electron chi connectivity index (χ1n) is 9.03. The molecule has 7 nitrogen and oxygen atoms in total. The summed E-state index contributed by atoms with van der Waals surface area (Å²) in [5.41, 5.74) is -0.211. The van der Waals surface area contributed by atoms with E-state index in [9.17, 15) is 9.59 Å². The average Bonchev–Trinajstić information content (AvgIpc) is 2.53. The molecule has 0 aromatic rings. The maximum Gasteiger partial charge on any atom is 0.317 e. The molecular formula is C17H32N4O3. The van der Waals surface area contributed by atoms with Crippen molar-refractivity contribution in [3.8, 4) is 0 Å². The van der Waals surface area contributed by atoms with Crippen LogP contribution in [0.2, 0.25) is 0 Å². The van der Waals surface area contributed by atoms with E-state index >= 15 is 0 Å². The van der Waals surface area contributed by atoms with Crippen LogP contribution in [0.15, 0.2) is 0 Å². The summed E-state index contributed by atoms with van der Waals surface area (Å²) in [6, 6.07) is 0.141. The largest absolute Gasteiger partial charge is 0.381 e. The molecular weight excluding hydrogens is 308 g/mol. The lowest BCUT2D eigenvalue weighted by Gasteiger charge is -2.34. The number of nitrogens with zero attached hydrogens (tertiary/aromatic N) is 1. The quantitative estimate of drug-likeness (QED) is 0.731. The van der Waals surface area contributed by atoms with Gasteiger partial charge in [-0.1, -0.05) is 0 Å². The van der Waals surface area contributed by atoms with Crippen molar-refractivity contribution < 1.29 is 14.3 Å². The van der Waals surface area contributed by atoms with E-state index in [2.05, 4.69) is 16.0 Å². The molecule has 0 aromatic carbocycles. The van der Waals surface area contributed by atoms with Crippen LogP contribution in [0.5, 0.6) is 0 Å². The van der Waals surface area contributed by atoms with Crippen molar-refractivity contribution in [3.63, 3.8) is 0 Å². The molecule has 2 rings (SSSR count). The number of hydrogen-bond donors (Lipinski definition) is 3. The van der Waals surface area contributed by atoms with Gasteiger partial charge in [0.25, 0.3) is 0 Å². The van der Waals surface area contributed by atoms with Crippen molar-refractivity contribution in [3.05, 3.63) is 0 Å². The highest BCUT2D eigenvalue weighted by Gasteiger charge is 2.25. The highest BCUT2D eigenvalue weighted by molar-refractivity contribution is 5.75. The van der Waals surface area contributed by atoms with E-state index in [0.29, 0.717) is 12.5 Å². The molecule has 2 aliphatic heterocycles. The van der Waals surface area contributed by atoms with Crippen molar-refractivity contribution in [2.75, 3.05) is 32.8 Å². The molecule has 0 unspecified atom stereocenters. The molecule has 2 aliphatic rings. The SMILES string of the molecule is CC(C)(C)NC(=O)N1CCC(CNC(=O)NC2CCOCC2)CC1. The lowest BCUT2D eigenvalue weighted by molar-refractivity contribution is 0.0799. The molecule has 4 amide bonds. The first-order valence-corrected chi connectivity index (χ1v) is 9.03. The monoisotopic (exact) mass is 340 g/mol. The first-order chi connectivity index (χ1) is 11.3. The summed E-state index contributed by atoms with van der Waals surface area (Å²) >= 11 is 0. The highest BCUT2D eigenvalue weighted by Crippen LogP contribution is 2.17. The Morgan fingerprint density at radius 2 is 1.71 bits per heavy atom. The van der Waals surface area contributed by atoms with Crippen molar-refractivity contribution in [1.82, 2.24) is 20.9 Å². The van der Waals surface area contributed by atoms with Crippen LogP contribution in [0.25, 0.3) is 0 Å². The summed E-state index contributed by atoms with van der Waals surface area (Å²) in [6.07, 6.45) is 3.62. The topological polar surface area (TPSA) is 82.7 Å².